The van der Waals surface area contributed by atoms with E-state index in [4.69, 9.17) is 13.9 Å². The van der Waals surface area contributed by atoms with Gasteiger partial charge in [0.1, 0.15) is 5.75 Å². The van der Waals surface area contributed by atoms with E-state index < -0.39 is 0 Å². The van der Waals surface area contributed by atoms with Gasteiger partial charge in [-0.05, 0) is 56.1 Å². The molecule has 1 aromatic carbocycles. The molecule has 9 nitrogen and oxygen atoms in total. The van der Waals surface area contributed by atoms with E-state index in [-0.39, 0.29) is 18.0 Å². The van der Waals surface area contributed by atoms with Gasteiger partial charge < -0.3 is 29.0 Å². The van der Waals surface area contributed by atoms with Crippen LogP contribution >= 0.6 is 0 Å². The third kappa shape index (κ3) is 4.06. The van der Waals surface area contributed by atoms with Gasteiger partial charge in [-0.1, -0.05) is 10.2 Å². The van der Waals surface area contributed by atoms with E-state index in [1.807, 2.05) is 4.90 Å². The normalized spacial score (nSPS) is 26.3. The summed E-state index contributed by atoms with van der Waals surface area (Å²) in [6, 6.07) is 7.67. The molecular weight excluding hydrogens is 374 g/mol. The summed E-state index contributed by atoms with van der Waals surface area (Å²) in [6.45, 7) is 5.98. The topological polar surface area (TPSA) is 93.0 Å². The molecule has 6 rings (SSSR count). The second-order valence-corrected chi connectivity index (χ2v) is 7.79. The van der Waals surface area contributed by atoms with Gasteiger partial charge in [-0.2, -0.15) is 0 Å². The maximum atomic E-state index is 12.6. The largest absolute Gasteiger partial charge is 0.421 e. The highest BCUT2D eigenvalue weighted by molar-refractivity contribution is 5.94. The van der Waals surface area contributed by atoms with E-state index in [2.05, 4.69) is 20.4 Å². The van der Waals surface area contributed by atoms with Gasteiger partial charge in [0.15, 0.2) is 0 Å². The van der Waals surface area contributed by atoms with Crippen LogP contribution in [0.3, 0.4) is 0 Å². The van der Waals surface area contributed by atoms with Crippen molar-refractivity contribution in [2.24, 2.45) is 5.92 Å². The van der Waals surface area contributed by atoms with Gasteiger partial charge in [0, 0.05) is 31.2 Å². The van der Waals surface area contributed by atoms with E-state index in [9.17, 15) is 4.79 Å². The fourth-order valence-electron chi connectivity index (χ4n) is 4.28. The Morgan fingerprint density at radius 2 is 1.83 bits per heavy atom. The second-order valence-electron chi connectivity index (χ2n) is 7.79. The van der Waals surface area contributed by atoms with Gasteiger partial charge in [0.05, 0.1) is 13.2 Å². The molecular formula is C20H25N5O4. The molecule has 29 heavy (non-hydrogen) atoms. The van der Waals surface area contributed by atoms with Crippen molar-refractivity contribution in [3.63, 3.8) is 0 Å². The summed E-state index contributed by atoms with van der Waals surface area (Å²) in [5, 5.41) is 11.2. The van der Waals surface area contributed by atoms with Crippen LogP contribution in [0.1, 0.15) is 23.2 Å². The molecule has 5 heterocycles. The number of ether oxygens (including phenoxy) is 2. The van der Waals surface area contributed by atoms with Crippen LogP contribution in [0.15, 0.2) is 28.7 Å². The zero-order valence-electron chi connectivity index (χ0n) is 16.2. The quantitative estimate of drug-likeness (QED) is 0.809. The van der Waals surface area contributed by atoms with E-state index in [0.29, 0.717) is 49.5 Å². The zero-order chi connectivity index (χ0) is 19.6. The van der Waals surface area contributed by atoms with Crippen molar-refractivity contribution in [2.45, 2.75) is 18.9 Å². The Morgan fingerprint density at radius 3 is 2.52 bits per heavy atom. The molecule has 4 saturated heterocycles. The molecule has 4 aliphatic heterocycles. The number of carbonyl (C=O) groups is 1. The summed E-state index contributed by atoms with van der Waals surface area (Å²) in [6.07, 6.45) is 2.43. The Labute approximate surface area is 169 Å². The maximum absolute atomic E-state index is 12.6. The number of fused-ring (bicyclic) bond motifs is 3. The number of piperidine rings is 3. The van der Waals surface area contributed by atoms with E-state index in [1.165, 1.54) is 12.8 Å². The van der Waals surface area contributed by atoms with Crippen molar-refractivity contribution in [3.05, 3.63) is 29.8 Å². The van der Waals surface area contributed by atoms with Crippen LogP contribution < -0.4 is 15.0 Å². The predicted molar refractivity (Wildman–Crippen MR) is 104 cm³/mol. The highest BCUT2D eigenvalue weighted by atomic mass is 16.6. The number of morpholine rings is 1. The molecule has 4 aliphatic rings. The first kappa shape index (κ1) is 18.4. The fourth-order valence-corrected chi connectivity index (χ4v) is 4.28. The van der Waals surface area contributed by atoms with E-state index >= 15 is 0 Å². The molecule has 9 heteroatoms. The van der Waals surface area contributed by atoms with Crippen LogP contribution in [-0.4, -0.2) is 73.0 Å². The molecule has 2 aromatic rings. The molecule has 0 saturated carbocycles. The summed E-state index contributed by atoms with van der Waals surface area (Å²) in [7, 11) is 0. The Hall–Kier alpha value is -2.65. The molecule has 4 fully saturated rings. The predicted octanol–water partition coefficient (Wildman–Crippen LogP) is 1.52. The number of aromatic nitrogens is 2. The van der Waals surface area contributed by atoms with Crippen molar-refractivity contribution in [1.82, 2.24) is 20.4 Å². The average Bonchev–Trinajstić information content (AvgIpc) is 3.24. The monoisotopic (exact) mass is 399 g/mol. The second kappa shape index (κ2) is 8.00. The molecule has 1 N–H and O–H groups in total. The zero-order valence-corrected chi connectivity index (χ0v) is 16.2. The van der Waals surface area contributed by atoms with Crippen LogP contribution in [0.25, 0.3) is 0 Å². The number of rotatable bonds is 5. The van der Waals surface area contributed by atoms with Gasteiger partial charge in [-0.3, -0.25) is 4.79 Å². The van der Waals surface area contributed by atoms with Gasteiger partial charge in [-0.25, -0.2) is 0 Å². The highest BCUT2D eigenvalue weighted by Gasteiger charge is 2.34. The van der Waals surface area contributed by atoms with E-state index in [1.54, 1.807) is 24.3 Å². The number of hydrogen-bond acceptors (Lipinski definition) is 8. The summed E-state index contributed by atoms with van der Waals surface area (Å²) in [4.78, 5) is 17.0. The number of anilines is 1. The Kier molecular flexibility index (Phi) is 5.07. The molecule has 1 amide bonds. The number of benzene rings is 1. The fraction of sp³-hybridized carbons (Fsp3) is 0.550. The van der Waals surface area contributed by atoms with Crippen LogP contribution in [0, 0.1) is 5.92 Å². The summed E-state index contributed by atoms with van der Waals surface area (Å²) >= 11 is 0. The minimum atomic E-state index is -0.0392. The average molecular weight is 399 g/mol. The Bertz CT molecular complexity index is 841. The molecule has 0 unspecified atom stereocenters. The minimum Gasteiger partial charge on any atom is -0.410 e. The van der Waals surface area contributed by atoms with Crippen LogP contribution in [0.2, 0.25) is 0 Å². The lowest BCUT2D eigenvalue weighted by molar-refractivity contribution is 0.0620. The lowest BCUT2D eigenvalue weighted by Crippen LogP contribution is -2.57. The number of nitrogens with zero attached hydrogens (tertiary/aromatic N) is 4. The van der Waals surface area contributed by atoms with Gasteiger partial charge in [0.25, 0.3) is 5.91 Å². The van der Waals surface area contributed by atoms with Gasteiger partial charge >= 0.3 is 12.1 Å². The van der Waals surface area contributed by atoms with Crippen molar-refractivity contribution in [1.29, 1.82) is 0 Å². The van der Waals surface area contributed by atoms with Crippen LogP contribution in [0.5, 0.6) is 11.8 Å². The van der Waals surface area contributed by atoms with Gasteiger partial charge in [0.2, 0.25) is 0 Å². The number of hydrogen-bond donors (Lipinski definition) is 1. The van der Waals surface area contributed by atoms with Crippen LogP contribution in [-0.2, 0) is 4.74 Å². The first-order valence-corrected chi connectivity index (χ1v) is 10.2. The molecule has 0 aliphatic carbocycles. The van der Waals surface area contributed by atoms with Crippen molar-refractivity contribution in [2.75, 3.05) is 50.8 Å². The molecule has 0 radical (unpaired) electrons. The molecule has 1 atom stereocenters. The lowest BCUT2D eigenvalue weighted by atomic mass is 9.84. The van der Waals surface area contributed by atoms with Crippen molar-refractivity contribution >= 4 is 11.9 Å². The Balaban J connectivity index is 1.18. The van der Waals surface area contributed by atoms with Crippen LogP contribution in [0.4, 0.5) is 6.01 Å². The standard InChI is InChI=1S/C20H25N5O4/c26-18(21-17-13-24-7-5-14(17)6-8-24)15-1-3-16(4-2-15)28-20-23-22-19(29-20)25-9-11-27-12-10-25/h1-4,14,17H,5-13H2,(H,21,26)/t17-/m0/s1. The molecule has 1 aromatic heterocycles. The highest BCUT2D eigenvalue weighted by Crippen LogP contribution is 2.28. The van der Waals surface area contributed by atoms with Gasteiger partial charge in [-0.15, -0.1) is 0 Å². The van der Waals surface area contributed by atoms with Crippen molar-refractivity contribution in [3.8, 4) is 11.8 Å². The maximum Gasteiger partial charge on any atom is 0.421 e. The molecule has 2 bridgehead atoms. The lowest BCUT2D eigenvalue weighted by Gasteiger charge is -2.44. The smallest absolute Gasteiger partial charge is 0.410 e. The number of carbonyl (C=O) groups excluding carboxylic acids is 1. The first-order valence-electron chi connectivity index (χ1n) is 10.2. The summed E-state index contributed by atoms with van der Waals surface area (Å²) in [5.74, 6) is 1.11. The SMILES string of the molecule is O=C(N[C@H]1CN2CCC1CC2)c1ccc(Oc2nnc(N3CCOCC3)o2)cc1. The number of nitrogens with one attached hydrogen (secondary N) is 1. The molecule has 0 spiro atoms. The van der Waals surface area contributed by atoms with Crippen molar-refractivity contribution < 1.29 is 18.7 Å². The Morgan fingerprint density at radius 1 is 1.07 bits per heavy atom. The number of amides is 1. The summed E-state index contributed by atoms with van der Waals surface area (Å²) in [5.41, 5.74) is 0.619. The van der Waals surface area contributed by atoms with E-state index in [0.717, 1.165) is 19.6 Å². The molecule has 154 valence electrons. The minimum absolute atomic E-state index is 0.0392. The first-order chi connectivity index (χ1) is 14.2. The third-order valence-corrected chi connectivity index (χ3v) is 5.97. The summed E-state index contributed by atoms with van der Waals surface area (Å²) < 4.78 is 16.5. The third-order valence-electron chi connectivity index (χ3n) is 5.97.